The number of hydrogen-bond donors (Lipinski definition) is 2. The van der Waals surface area contributed by atoms with Crippen molar-refractivity contribution in [2.45, 2.75) is 44.1 Å². The van der Waals surface area contributed by atoms with E-state index in [1.54, 1.807) is 0 Å². The Kier molecular flexibility index (Phi) is 3.31. The molecule has 3 rings (SSSR count). The highest BCUT2D eigenvalue weighted by molar-refractivity contribution is 5.80. The molecule has 1 aromatic rings. The molecule has 0 aromatic heterocycles. The molecule has 1 fully saturated rings. The van der Waals surface area contributed by atoms with Crippen molar-refractivity contribution < 1.29 is 4.79 Å². The predicted octanol–water partition coefficient (Wildman–Crippen LogP) is 1.79. The van der Waals surface area contributed by atoms with E-state index in [4.69, 9.17) is 5.73 Å². The Morgan fingerprint density at radius 2 is 2.05 bits per heavy atom. The molecule has 1 atom stereocenters. The topological polar surface area (TPSA) is 55.1 Å². The first kappa shape index (κ1) is 12.7. The molecule has 1 aromatic carbocycles. The SMILES string of the molecule is NCC1(NC(=O)C2CCc3ccccc3C2)CCC1. The van der Waals surface area contributed by atoms with Crippen LogP contribution in [0.3, 0.4) is 0 Å². The smallest absolute Gasteiger partial charge is 0.223 e. The van der Waals surface area contributed by atoms with E-state index in [-0.39, 0.29) is 17.4 Å². The molecule has 2 aliphatic rings. The number of carbonyl (C=O) groups is 1. The van der Waals surface area contributed by atoms with E-state index < -0.39 is 0 Å². The van der Waals surface area contributed by atoms with Crippen LogP contribution in [0.1, 0.15) is 36.8 Å². The van der Waals surface area contributed by atoms with Gasteiger partial charge in [-0.2, -0.15) is 0 Å². The van der Waals surface area contributed by atoms with Gasteiger partial charge in [0.2, 0.25) is 5.91 Å². The molecular weight excluding hydrogens is 236 g/mol. The molecule has 1 unspecified atom stereocenters. The minimum absolute atomic E-state index is 0.0892. The number of nitrogens with two attached hydrogens (primary N) is 1. The Hall–Kier alpha value is -1.35. The van der Waals surface area contributed by atoms with E-state index in [0.29, 0.717) is 6.54 Å². The average molecular weight is 258 g/mol. The number of hydrogen-bond acceptors (Lipinski definition) is 2. The highest BCUT2D eigenvalue weighted by atomic mass is 16.2. The largest absolute Gasteiger partial charge is 0.349 e. The maximum Gasteiger partial charge on any atom is 0.223 e. The van der Waals surface area contributed by atoms with Crippen LogP contribution in [0.4, 0.5) is 0 Å². The molecule has 0 bridgehead atoms. The van der Waals surface area contributed by atoms with Crippen molar-refractivity contribution in [3.8, 4) is 0 Å². The van der Waals surface area contributed by atoms with Gasteiger partial charge in [0.25, 0.3) is 0 Å². The summed E-state index contributed by atoms with van der Waals surface area (Å²) < 4.78 is 0. The maximum atomic E-state index is 12.4. The Morgan fingerprint density at radius 1 is 1.32 bits per heavy atom. The number of benzene rings is 1. The molecule has 3 nitrogen and oxygen atoms in total. The standard InChI is InChI=1S/C16H22N2O/c17-11-16(8-3-9-16)18-15(19)14-7-6-12-4-1-2-5-13(12)10-14/h1-2,4-5,14H,3,6-11,17H2,(H,18,19). The summed E-state index contributed by atoms with van der Waals surface area (Å²) in [6, 6.07) is 8.47. The van der Waals surface area contributed by atoms with Gasteiger partial charge in [0.15, 0.2) is 0 Å². The minimum atomic E-state index is -0.0892. The van der Waals surface area contributed by atoms with Crippen molar-refractivity contribution in [2.75, 3.05) is 6.54 Å². The van der Waals surface area contributed by atoms with E-state index in [0.717, 1.165) is 32.1 Å². The van der Waals surface area contributed by atoms with Crippen LogP contribution in [0.25, 0.3) is 0 Å². The summed E-state index contributed by atoms with van der Waals surface area (Å²) in [6.07, 6.45) is 6.12. The molecular formula is C16H22N2O. The van der Waals surface area contributed by atoms with Gasteiger partial charge in [0, 0.05) is 12.5 Å². The van der Waals surface area contributed by atoms with E-state index in [9.17, 15) is 4.79 Å². The van der Waals surface area contributed by atoms with Gasteiger partial charge in [-0.25, -0.2) is 0 Å². The summed E-state index contributed by atoms with van der Waals surface area (Å²) in [4.78, 5) is 12.4. The lowest BCUT2D eigenvalue weighted by Gasteiger charge is -2.42. The maximum absolute atomic E-state index is 12.4. The van der Waals surface area contributed by atoms with Crippen molar-refractivity contribution in [1.29, 1.82) is 0 Å². The Bertz CT molecular complexity index is 474. The number of aryl methyl sites for hydroxylation is 1. The fourth-order valence-electron chi connectivity index (χ4n) is 3.27. The summed E-state index contributed by atoms with van der Waals surface area (Å²) in [6.45, 7) is 0.571. The third-order valence-corrected chi connectivity index (χ3v) is 4.81. The van der Waals surface area contributed by atoms with Crippen LogP contribution in [-0.4, -0.2) is 18.0 Å². The molecule has 1 amide bonds. The predicted molar refractivity (Wildman–Crippen MR) is 75.7 cm³/mol. The molecule has 102 valence electrons. The quantitative estimate of drug-likeness (QED) is 0.868. The molecule has 19 heavy (non-hydrogen) atoms. The number of carbonyl (C=O) groups excluding carboxylic acids is 1. The van der Waals surface area contributed by atoms with Crippen LogP contribution < -0.4 is 11.1 Å². The summed E-state index contributed by atoms with van der Waals surface area (Å²) in [5, 5.41) is 3.22. The highest BCUT2D eigenvalue weighted by Gasteiger charge is 2.38. The minimum Gasteiger partial charge on any atom is -0.349 e. The zero-order valence-corrected chi connectivity index (χ0v) is 11.3. The first-order valence-electron chi connectivity index (χ1n) is 7.31. The summed E-state index contributed by atoms with van der Waals surface area (Å²) in [5.74, 6) is 0.332. The lowest BCUT2D eigenvalue weighted by Crippen LogP contribution is -2.59. The number of nitrogens with one attached hydrogen (secondary N) is 1. The average Bonchev–Trinajstić information content (AvgIpc) is 2.42. The van der Waals surface area contributed by atoms with Crippen LogP contribution in [0.15, 0.2) is 24.3 Å². The first-order valence-corrected chi connectivity index (χ1v) is 7.31. The number of rotatable bonds is 3. The highest BCUT2D eigenvalue weighted by Crippen LogP contribution is 2.32. The van der Waals surface area contributed by atoms with Gasteiger partial charge < -0.3 is 11.1 Å². The third-order valence-electron chi connectivity index (χ3n) is 4.81. The molecule has 0 aliphatic heterocycles. The van der Waals surface area contributed by atoms with E-state index in [2.05, 4.69) is 29.6 Å². The van der Waals surface area contributed by atoms with Gasteiger partial charge >= 0.3 is 0 Å². The molecule has 0 saturated heterocycles. The second-order valence-corrected chi connectivity index (χ2v) is 6.04. The van der Waals surface area contributed by atoms with Gasteiger partial charge in [0.05, 0.1) is 5.54 Å². The van der Waals surface area contributed by atoms with E-state index in [1.807, 2.05) is 0 Å². The van der Waals surface area contributed by atoms with Crippen LogP contribution in [0.2, 0.25) is 0 Å². The second kappa shape index (κ2) is 4.97. The van der Waals surface area contributed by atoms with Crippen LogP contribution in [0, 0.1) is 5.92 Å². The molecule has 3 heteroatoms. The van der Waals surface area contributed by atoms with Crippen LogP contribution in [-0.2, 0) is 17.6 Å². The van der Waals surface area contributed by atoms with Crippen molar-refractivity contribution in [3.05, 3.63) is 35.4 Å². The van der Waals surface area contributed by atoms with Gasteiger partial charge in [-0.15, -0.1) is 0 Å². The molecule has 1 saturated carbocycles. The Labute approximate surface area is 114 Å². The fraction of sp³-hybridized carbons (Fsp3) is 0.562. The van der Waals surface area contributed by atoms with Crippen molar-refractivity contribution >= 4 is 5.91 Å². The monoisotopic (exact) mass is 258 g/mol. The molecule has 2 aliphatic carbocycles. The zero-order chi connectivity index (χ0) is 13.3. The molecule has 0 radical (unpaired) electrons. The van der Waals surface area contributed by atoms with Gasteiger partial charge in [-0.05, 0) is 49.7 Å². The molecule has 3 N–H and O–H groups in total. The zero-order valence-electron chi connectivity index (χ0n) is 11.3. The lowest BCUT2D eigenvalue weighted by molar-refractivity contribution is -0.128. The summed E-state index contributed by atoms with van der Waals surface area (Å²) in [5.41, 5.74) is 8.46. The third kappa shape index (κ3) is 2.39. The van der Waals surface area contributed by atoms with Gasteiger partial charge in [0.1, 0.15) is 0 Å². The van der Waals surface area contributed by atoms with Crippen LogP contribution >= 0.6 is 0 Å². The van der Waals surface area contributed by atoms with E-state index in [1.165, 1.54) is 17.5 Å². The molecule has 0 spiro atoms. The lowest BCUT2D eigenvalue weighted by atomic mass is 9.75. The van der Waals surface area contributed by atoms with Gasteiger partial charge in [-0.3, -0.25) is 4.79 Å². The van der Waals surface area contributed by atoms with Crippen LogP contribution in [0.5, 0.6) is 0 Å². The van der Waals surface area contributed by atoms with Crippen molar-refractivity contribution in [3.63, 3.8) is 0 Å². The van der Waals surface area contributed by atoms with E-state index >= 15 is 0 Å². The summed E-state index contributed by atoms with van der Waals surface area (Å²) in [7, 11) is 0. The van der Waals surface area contributed by atoms with Crippen molar-refractivity contribution in [1.82, 2.24) is 5.32 Å². The number of fused-ring (bicyclic) bond motifs is 1. The summed E-state index contributed by atoms with van der Waals surface area (Å²) >= 11 is 0. The number of amides is 1. The van der Waals surface area contributed by atoms with Gasteiger partial charge in [-0.1, -0.05) is 24.3 Å². The molecule has 0 heterocycles. The van der Waals surface area contributed by atoms with Crippen molar-refractivity contribution in [2.24, 2.45) is 11.7 Å². The fourth-order valence-corrected chi connectivity index (χ4v) is 3.27. The Morgan fingerprint density at radius 3 is 2.68 bits per heavy atom. The first-order chi connectivity index (χ1) is 9.22. The normalized spacial score (nSPS) is 24.2. The Balaban J connectivity index is 1.66. The second-order valence-electron chi connectivity index (χ2n) is 6.04.